The van der Waals surface area contributed by atoms with Crippen molar-refractivity contribution < 1.29 is 9.53 Å². The van der Waals surface area contributed by atoms with Crippen molar-refractivity contribution in [3.63, 3.8) is 0 Å². The van der Waals surface area contributed by atoms with Crippen LogP contribution in [0.3, 0.4) is 0 Å². The van der Waals surface area contributed by atoms with E-state index < -0.39 is 0 Å². The summed E-state index contributed by atoms with van der Waals surface area (Å²) in [6, 6.07) is 26.8. The molecule has 1 fully saturated rings. The van der Waals surface area contributed by atoms with Crippen LogP contribution in [0.1, 0.15) is 24.3 Å². The van der Waals surface area contributed by atoms with E-state index in [4.69, 9.17) is 4.74 Å². The predicted octanol–water partition coefficient (Wildman–Crippen LogP) is 6.37. The molecule has 3 atom stereocenters. The highest BCUT2D eigenvalue weighted by Gasteiger charge is 2.36. The molecule has 3 heteroatoms. The molecule has 1 saturated carbocycles. The van der Waals surface area contributed by atoms with Gasteiger partial charge in [-0.3, -0.25) is 4.79 Å². The van der Waals surface area contributed by atoms with Crippen LogP contribution in [0, 0.1) is 11.8 Å². The number of carbonyl (C=O) groups excluding carboxylic acids is 1. The van der Waals surface area contributed by atoms with Gasteiger partial charge in [0.25, 0.3) is 6.47 Å². The van der Waals surface area contributed by atoms with Crippen LogP contribution in [0.2, 0.25) is 0 Å². The topological polar surface area (TPSA) is 29.5 Å². The van der Waals surface area contributed by atoms with Gasteiger partial charge in [-0.15, -0.1) is 0 Å². The van der Waals surface area contributed by atoms with Crippen LogP contribution in [-0.4, -0.2) is 6.47 Å². The number of hydrogen-bond acceptors (Lipinski definition) is 3. The highest BCUT2D eigenvalue weighted by molar-refractivity contribution is 5.77. The van der Waals surface area contributed by atoms with E-state index in [9.17, 15) is 4.79 Å². The molecule has 0 spiro atoms. The highest BCUT2D eigenvalue weighted by Crippen LogP contribution is 2.49. The first-order chi connectivity index (χ1) is 14.3. The van der Waals surface area contributed by atoms with E-state index in [0.29, 0.717) is 24.1 Å². The van der Waals surface area contributed by atoms with Gasteiger partial charge in [-0.1, -0.05) is 48.6 Å². The molecule has 144 valence electrons. The summed E-state index contributed by atoms with van der Waals surface area (Å²) < 4.78 is 5.07. The lowest BCUT2D eigenvalue weighted by Crippen LogP contribution is -2.11. The van der Waals surface area contributed by atoms with Gasteiger partial charge < -0.3 is 9.64 Å². The summed E-state index contributed by atoms with van der Waals surface area (Å²) in [6.45, 7) is 0.463. The zero-order chi connectivity index (χ0) is 19.6. The van der Waals surface area contributed by atoms with E-state index in [1.54, 1.807) is 6.07 Å². The molecule has 3 nitrogen and oxygen atoms in total. The summed E-state index contributed by atoms with van der Waals surface area (Å²) in [7, 11) is 0. The summed E-state index contributed by atoms with van der Waals surface area (Å²) in [4.78, 5) is 13.0. The minimum atomic E-state index is 0.463. The smallest absolute Gasteiger partial charge is 0.298 e. The second kappa shape index (κ2) is 7.59. The number of allylic oxidation sites excluding steroid dienone is 2. The number of hydrogen-bond donors (Lipinski definition) is 0. The molecule has 3 aromatic rings. The van der Waals surface area contributed by atoms with E-state index in [2.05, 4.69) is 53.5 Å². The van der Waals surface area contributed by atoms with Crippen LogP contribution in [-0.2, 0) is 4.79 Å². The van der Waals surface area contributed by atoms with Crippen molar-refractivity contribution in [1.29, 1.82) is 0 Å². The molecule has 0 amide bonds. The monoisotopic (exact) mass is 381 g/mol. The van der Waals surface area contributed by atoms with Crippen LogP contribution in [0.5, 0.6) is 5.75 Å². The summed E-state index contributed by atoms with van der Waals surface area (Å²) in [6.07, 6.45) is 7.38. The molecule has 0 aliphatic heterocycles. The predicted molar refractivity (Wildman–Crippen MR) is 116 cm³/mol. The molecule has 5 rings (SSSR count). The lowest BCUT2D eigenvalue weighted by Gasteiger charge is -2.26. The molecule has 3 aromatic carbocycles. The molecule has 3 unspecified atom stereocenters. The average Bonchev–Trinajstić information content (AvgIpc) is 3.40. The molecule has 0 saturated heterocycles. The third kappa shape index (κ3) is 3.44. The first-order valence-corrected chi connectivity index (χ1v) is 10.2. The van der Waals surface area contributed by atoms with Crippen LogP contribution in [0.15, 0.2) is 91.0 Å². The number of ether oxygens (including phenoxy) is 1. The van der Waals surface area contributed by atoms with Gasteiger partial charge in [0.2, 0.25) is 0 Å². The van der Waals surface area contributed by atoms with Gasteiger partial charge in [0.15, 0.2) is 0 Å². The molecule has 29 heavy (non-hydrogen) atoms. The van der Waals surface area contributed by atoms with Gasteiger partial charge in [0.1, 0.15) is 5.75 Å². The molecular formula is C26H23NO2. The Morgan fingerprint density at radius 3 is 2.24 bits per heavy atom. The number of fused-ring (bicyclic) bond motifs is 2. The van der Waals surface area contributed by atoms with E-state index in [0.717, 1.165) is 23.0 Å². The molecule has 2 aliphatic rings. The summed E-state index contributed by atoms with van der Waals surface area (Å²) in [5.41, 5.74) is 4.52. The van der Waals surface area contributed by atoms with E-state index >= 15 is 0 Å². The molecule has 2 aliphatic carbocycles. The fraction of sp³-hybridized carbons (Fsp3) is 0.192. The van der Waals surface area contributed by atoms with Gasteiger partial charge in [0.05, 0.1) is 0 Å². The van der Waals surface area contributed by atoms with E-state index in [-0.39, 0.29) is 0 Å². The minimum absolute atomic E-state index is 0.463. The molecule has 0 heterocycles. The van der Waals surface area contributed by atoms with Crippen molar-refractivity contribution in [3.05, 3.63) is 96.6 Å². The van der Waals surface area contributed by atoms with Gasteiger partial charge >= 0.3 is 0 Å². The summed E-state index contributed by atoms with van der Waals surface area (Å²) >= 11 is 0. The number of para-hydroxylation sites is 1. The van der Waals surface area contributed by atoms with Crippen molar-refractivity contribution in [2.24, 2.45) is 11.8 Å². The van der Waals surface area contributed by atoms with Crippen LogP contribution in [0.4, 0.5) is 17.1 Å². The van der Waals surface area contributed by atoms with Gasteiger partial charge in [-0.2, -0.15) is 0 Å². The van der Waals surface area contributed by atoms with Crippen molar-refractivity contribution >= 4 is 23.5 Å². The van der Waals surface area contributed by atoms with Gasteiger partial charge in [-0.25, -0.2) is 0 Å². The zero-order valence-electron chi connectivity index (χ0n) is 16.1. The SMILES string of the molecule is O=COc1cccc(N(c2ccccc2)c2ccc(C3CC4C=CC3C4)cc2)c1. The average molecular weight is 381 g/mol. The van der Waals surface area contributed by atoms with Gasteiger partial charge in [-0.05, 0) is 72.6 Å². The Morgan fingerprint density at radius 1 is 0.793 bits per heavy atom. The Balaban J connectivity index is 1.50. The van der Waals surface area contributed by atoms with Crippen LogP contribution in [0.25, 0.3) is 0 Å². The quantitative estimate of drug-likeness (QED) is 0.367. The van der Waals surface area contributed by atoms with Crippen molar-refractivity contribution in [1.82, 2.24) is 0 Å². The number of nitrogens with zero attached hydrogens (tertiary/aromatic N) is 1. The Morgan fingerprint density at radius 2 is 1.55 bits per heavy atom. The maximum absolute atomic E-state index is 10.8. The first-order valence-electron chi connectivity index (χ1n) is 10.2. The fourth-order valence-electron chi connectivity index (χ4n) is 4.81. The Labute approximate surface area is 171 Å². The molecule has 2 bridgehead atoms. The lowest BCUT2D eigenvalue weighted by molar-refractivity contribution is -0.120. The number of anilines is 3. The van der Waals surface area contributed by atoms with Crippen LogP contribution < -0.4 is 9.64 Å². The Hall–Kier alpha value is -3.33. The maximum Gasteiger partial charge on any atom is 0.298 e. The number of benzene rings is 3. The number of carbonyl (C=O) groups is 1. The third-order valence-electron chi connectivity index (χ3n) is 6.13. The second-order valence-electron chi connectivity index (χ2n) is 7.86. The molecular weight excluding hydrogens is 358 g/mol. The van der Waals surface area contributed by atoms with E-state index in [1.165, 1.54) is 18.4 Å². The second-order valence-corrected chi connectivity index (χ2v) is 7.86. The zero-order valence-corrected chi connectivity index (χ0v) is 16.1. The minimum Gasteiger partial charge on any atom is -0.429 e. The summed E-state index contributed by atoms with van der Waals surface area (Å²) in [5, 5.41) is 0. The maximum atomic E-state index is 10.8. The van der Waals surface area contributed by atoms with Crippen molar-refractivity contribution in [3.8, 4) is 5.75 Å². The third-order valence-corrected chi connectivity index (χ3v) is 6.13. The first kappa shape index (κ1) is 17.7. The normalized spacial score (nSPS) is 21.9. The lowest BCUT2D eigenvalue weighted by atomic mass is 9.87. The standard InChI is InChI=1S/C26H23NO2/c28-18-29-25-8-4-7-24(17-25)27(22-5-2-1-3-6-22)23-13-11-20(12-14-23)26-16-19-9-10-21(26)15-19/h1-14,17-19,21,26H,15-16H2. The Bertz CT molecular complexity index is 1030. The Kier molecular flexibility index (Phi) is 4.65. The fourth-order valence-corrected chi connectivity index (χ4v) is 4.81. The van der Waals surface area contributed by atoms with Crippen molar-refractivity contribution in [2.45, 2.75) is 18.8 Å². The van der Waals surface area contributed by atoms with Gasteiger partial charge in [0, 0.05) is 23.1 Å². The van der Waals surface area contributed by atoms with E-state index in [1.807, 2.05) is 36.4 Å². The largest absolute Gasteiger partial charge is 0.429 e. The summed E-state index contributed by atoms with van der Waals surface area (Å²) in [5.74, 6) is 2.65. The molecule has 0 aromatic heterocycles. The van der Waals surface area contributed by atoms with Crippen LogP contribution >= 0.6 is 0 Å². The highest BCUT2D eigenvalue weighted by atomic mass is 16.5. The number of rotatable bonds is 6. The molecule has 0 radical (unpaired) electrons. The van der Waals surface area contributed by atoms with Crippen molar-refractivity contribution in [2.75, 3.05) is 4.90 Å². The molecule has 0 N–H and O–H groups in total.